The quantitative estimate of drug-likeness (QED) is 0.272. The van der Waals surface area contributed by atoms with E-state index in [4.69, 9.17) is 4.74 Å². The molecular weight excluding hydrogens is 502 g/mol. The Balaban J connectivity index is 1.79. The summed E-state index contributed by atoms with van der Waals surface area (Å²) in [5, 5.41) is 31.1. The number of carbonyl (C=O) groups excluding carboxylic acids is 2. The fourth-order valence-corrected chi connectivity index (χ4v) is 4.10. The first-order valence-electron chi connectivity index (χ1n) is 12.6. The highest BCUT2D eigenvalue weighted by Gasteiger charge is 2.31. The van der Waals surface area contributed by atoms with Crippen LogP contribution in [0.15, 0.2) is 24.3 Å². The molecule has 0 aliphatic heterocycles. The number of hydrogen-bond acceptors (Lipinski definition) is 8. The Morgan fingerprint density at radius 3 is 2.38 bits per heavy atom. The molecule has 0 radical (unpaired) electrons. The van der Waals surface area contributed by atoms with E-state index in [9.17, 15) is 19.1 Å². The van der Waals surface area contributed by atoms with E-state index in [0.717, 1.165) is 12.8 Å². The summed E-state index contributed by atoms with van der Waals surface area (Å²) < 4.78 is 22.1. The lowest BCUT2D eigenvalue weighted by Gasteiger charge is -2.22. The molecule has 2 amide bonds. The predicted octanol–water partition coefficient (Wildman–Crippen LogP) is -0.415. The van der Waals surface area contributed by atoms with E-state index in [1.807, 2.05) is 23.5 Å². The molecule has 0 saturated heterocycles. The van der Waals surface area contributed by atoms with E-state index >= 15 is 0 Å². The van der Waals surface area contributed by atoms with Gasteiger partial charge in [0.1, 0.15) is 35.0 Å². The van der Waals surface area contributed by atoms with Crippen molar-refractivity contribution in [1.82, 2.24) is 25.3 Å². The molecule has 0 atom stereocenters. The van der Waals surface area contributed by atoms with Crippen LogP contribution < -0.4 is 20.7 Å². The molecule has 3 aromatic rings. The lowest BCUT2D eigenvalue weighted by molar-refractivity contribution is -0.117. The van der Waals surface area contributed by atoms with Crippen LogP contribution in [0.3, 0.4) is 0 Å². The topological polar surface area (TPSA) is 143 Å². The molecule has 4 N–H and O–H groups in total. The Bertz CT molecular complexity index is 1430. The zero-order chi connectivity index (χ0) is 28.7. The van der Waals surface area contributed by atoms with Gasteiger partial charge in [0.2, 0.25) is 5.91 Å². The maximum atomic E-state index is 15.0. The smallest absolute Gasteiger partial charge is 0.272 e. The van der Waals surface area contributed by atoms with E-state index in [2.05, 4.69) is 31.2 Å². The number of carbonyl (C=O) groups is 2. The molecule has 1 aliphatic carbocycles. The summed E-state index contributed by atoms with van der Waals surface area (Å²) >= 11 is 0. The van der Waals surface area contributed by atoms with Crippen molar-refractivity contribution in [3.63, 3.8) is 0 Å². The van der Waals surface area contributed by atoms with Crippen LogP contribution in [0.25, 0.3) is 11.3 Å². The molecular formula is C24H31B3FN7O4. The third kappa shape index (κ3) is 6.59. The first-order valence-corrected chi connectivity index (χ1v) is 12.6. The summed E-state index contributed by atoms with van der Waals surface area (Å²) in [4.78, 5) is 25.4. The second-order valence-electron chi connectivity index (χ2n) is 11.2. The highest BCUT2D eigenvalue weighted by atomic mass is 19.1. The van der Waals surface area contributed by atoms with Gasteiger partial charge in [-0.25, -0.2) is 4.39 Å². The minimum absolute atomic E-state index is 0.0515. The van der Waals surface area contributed by atoms with Crippen LogP contribution in [0.1, 0.15) is 42.9 Å². The second kappa shape index (κ2) is 10.4. The van der Waals surface area contributed by atoms with Crippen molar-refractivity contribution >= 4 is 52.5 Å². The number of ether oxygens (including phenoxy) is 1. The Hall–Kier alpha value is -3.87. The number of anilines is 3. The lowest BCUT2D eigenvalue weighted by atomic mass is 9.49. The van der Waals surface area contributed by atoms with Gasteiger partial charge in [0.15, 0.2) is 17.3 Å². The van der Waals surface area contributed by atoms with E-state index in [1.54, 1.807) is 27.0 Å². The van der Waals surface area contributed by atoms with Crippen molar-refractivity contribution in [1.29, 1.82) is 0 Å². The SMILES string of the molecule is BC(B)(B)NC(=O)c1nnc(NC(=O)C2CC2)cc1Nc1cc(F)cc(-c2cc(C(C)(C)O)n(C)n2)c1OC. The molecule has 15 heteroatoms. The largest absolute Gasteiger partial charge is 0.494 e. The van der Waals surface area contributed by atoms with E-state index in [1.165, 1.54) is 30.0 Å². The van der Waals surface area contributed by atoms with Crippen molar-refractivity contribution in [2.75, 3.05) is 17.7 Å². The second-order valence-corrected chi connectivity index (χ2v) is 11.2. The molecule has 1 saturated carbocycles. The zero-order valence-electron chi connectivity index (χ0n) is 23.1. The van der Waals surface area contributed by atoms with Crippen molar-refractivity contribution in [3.05, 3.63) is 41.5 Å². The summed E-state index contributed by atoms with van der Waals surface area (Å²) in [6.07, 6.45) is 1.62. The number of rotatable bonds is 9. The minimum atomic E-state index is -1.18. The average Bonchev–Trinajstić information content (AvgIpc) is 3.58. The number of nitrogens with one attached hydrogen (secondary N) is 3. The van der Waals surface area contributed by atoms with Gasteiger partial charge < -0.3 is 25.8 Å². The van der Waals surface area contributed by atoms with Crippen LogP contribution in [0.2, 0.25) is 0 Å². The van der Waals surface area contributed by atoms with Crippen molar-refractivity contribution in [3.8, 4) is 17.0 Å². The molecule has 1 fully saturated rings. The molecule has 0 unspecified atom stereocenters. The van der Waals surface area contributed by atoms with Gasteiger partial charge in [-0.1, -0.05) is 0 Å². The predicted molar refractivity (Wildman–Crippen MR) is 153 cm³/mol. The normalized spacial score (nSPS) is 13.6. The standard InChI is InChI=1S/C24H31B3FN7O4/c1-23(2,38)17-9-14(34-35(17)3)13-7-12(28)8-16(20(13)39-4)29-15-10-18(30-21(36)11-5-6-11)32-33-19(15)22(37)31-24(25,26)27/h7-11,38H,5-6,25-27H2,1-4H3,(H,31,37)(H2,29,30,32,36). The Kier molecular flexibility index (Phi) is 7.48. The Morgan fingerprint density at radius 2 is 1.82 bits per heavy atom. The first-order chi connectivity index (χ1) is 18.2. The molecule has 11 nitrogen and oxygen atoms in total. The number of methoxy groups -OCH3 is 1. The van der Waals surface area contributed by atoms with Gasteiger partial charge in [-0.15, -0.1) is 10.2 Å². The number of nitrogens with zero attached hydrogens (tertiary/aromatic N) is 4. The monoisotopic (exact) mass is 533 g/mol. The molecule has 0 bridgehead atoms. The fourth-order valence-electron chi connectivity index (χ4n) is 4.10. The van der Waals surface area contributed by atoms with Crippen molar-refractivity contribution in [2.24, 2.45) is 13.0 Å². The highest BCUT2D eigenvalue weighted by Crippen LogP contribution is 2.40. The third-order valence-corrected chi connectivity index (χ3v) is 6.01. The Morgan fingerprint density at radius 1 is 1.13 bits per heavy atom. The first kappa shape index (κ1) is 28.2. The minimum Gasteiger partial charge on any atom is -0.494 e. The molecule has 0 spiro atoms. The number of aryl methyl sites for hydroxylation is 1. The number of aromatic nitrogens is 4. The van der Waals surface area contributed by atoms with E-state index < -0.39 is 22.6 Å². The van der Waals surface area contributed by atoms with Crippen LogP contribution in [-0.4, -0.2) is 72.8 Å². The number of halogens is 1. The van der Waals surface area contributed by atoms with E-state index in [-0.39, 0.29) is 40.5 Å². The summed E-state index contributed by atoms with van der Waals surface area (Å²) in [7, 11) is 8.59. The lowest BCUT2D eigenvalue weighted by Crippen LogP contribution is -2.50. The number of aliphatic hydroxyl groups is 1. The number of hydrogen-bond donors (Lipinski definition) is 4. The molecule has 202 valence electrons. The summed E-state index contributed by atoms with van der Waals surface area (Å²) in [5.74, 6) is -0.937. The van der Waals surface area contributed by atoms with Gasteiger partial charge in [0.25, 0.3) is 5.91 Å². The van der Waals surface area contributed by atoms with Crippen molar-refractivity contribution < 1.29 is 23.8 Å². The van der Waals surface area contributed by atoms with Gasteiger partial charge in [-0.3, -0.25) is 14.3 Å². The molecule has 39 heavy (non-hydrogen) atoms. The molecule has 4 rings (SSSR count). The molecule has 2 aromatic heterocycles. The Labute approximate surface area is 228 Å². The fraction of sp³-hybridized carbons (Fsp3) is 0.375. The van der Waals surface area contributed by atoms with Crippen LogP contribution in [-0.2, 0) is 17.4 Å². The maximum absolute atomic E-state index is 15.0. The van der Waals surface area contributed by atoms with Gasteiger partial charge in [-0.05, 0) is 44.1 Å². The average molecular weight is 533 g/mol. The van der Waals surface area contributed by atoms with Crippen LogP contribution in [0.5, 0.6) is 5.75 Å². The van der Waals surface area contributed by atoms with Gasteiger partial charge in [0, 0.05) is 30.7 Å². The van der Waals surface area contributed by atoms with Gasteiger partial charge in [-0.2, -0.15) is 5.10 Å². The summed E-state index contributed by atoms with van der Waals surface area (Å²) in [6, 6.07) is 5.63. The van der Waals surface area contributed by atoms with Crippen LogP contribution in [0, 0.1) is 11.7 Å². The van der Waals surface area contributed by atoms with E-state index in [0.29, 0.717) is 17.0 Å². The number of amides is 2. The summed E-state index contributed by atoms with van der Waals surface area (Å²) in [5.41, 5.74) is 0.381. The van der Waals surface area contributed by atoms with Gasteiger partial charge >= 0.3 is 0 Å². The maximum Gasteiger partial charge on any atom is 0.272 e. The third-order valence-electron chi connectivity index (χ3n) is 6.01. The zero-order valence-corrected chi connectivity index (χ0v) is 23.1. The molecule has 2 heterocycles. The highest BCUT2D eigenvalue weighted by molar-refractivity contribution is 6.60. The van der Waals surface area contributed by atoms with Gasteiger partial charge in [0.05, 0.1) is 29.9 Å². The van der Waals surface area contributed by atoms with Crippen molar-refractivity contribution in [2.45, 2.75) is 37.5 Å². The van der Waals surface area contributed by atoms with Crippen LogP contribution >= 0.6 is 0 Å². The summed E-state index contributed by atoms with van der Waals surface area (Å²) in [6.45, 7) is 3.26. The molecule has 1 aliphatic rings. The molecule has 1 aromatic carbocycles. The van der Waals surface area contributed by atoms with Crippen LogP contribution in [0.4, 0.5) is 21.6 Å². The number of benzene rings is 1.